The third-order valence-electron chi connectivity index (χ3n) is 4.22. The number of carbonyl (C=O) groups excluding carboxylic acids is 1. The lowest BCUT2D eigenvalue weighted by atomic mass is 10.1. The highest BCUT2D eigenvalue weighted by Gasteiger charge is 2.15. The Morgan fingerprint density at radius 1 is 1.24 bits per heavy atom. The summed E-state index contributed by atoms with van der Waals surface area (Å²) in [6.07, 6.45) is 1.43. The number of anilines is 1. The van der Waals surface area contributed by atoms with Gasteiger partial charge < -0.3 is 24.1 Å². The topological polar surface area (TPSA) is 107 Å². The van der Waals surface area contributed by atoms with E-state index in [-0.39, 0.29) is 24.6 Å². The van der Waals surface area contributed by atoms with Crippen LogP contribution >= 0.6 is 27.5 Å². The molecule has 0 bridgehead atoms. The van der Waals surface area contributed by atoms with Gasteiger partial charge >= 0.3 is 0 Å². The van der Waals surface area contributed by atoms with Gasteiger partial charge in [0.2, 0.25) is 0 Å². The molecule has 10 heteroatoms. The molecule has 1 aromatic heterocycles. The maximum absolute atomic E-state index is 12.4. The van der Waals surface area contributed by atoms with E-state index in [1.165, 1.54) is 13.2 Å². The molecule has 0 aliphatic carbocycles. The molecular weight excluding hydrogens is 514 g/mol. The number of para-hydroxylation sites is 1. The number of ether oxygens (including phenoxy) is 3. The largest absolute Gasteiger partial charge is 0.493 e. The number of benzene rings is 2. The highest BCUT2D eigenvalue weighted by atomic mass is 79.9. The standard InChI is InChI=1S/C23H19BrClN3O5/c1-14-9-21(28-33-14)27-23(29)16(13-26)10-15-11-17(24)22(20(12-15)30-2)32-8-7-31-19-6-4-3-5-18(19)25/h3-6,9-12H,7-8H2,1-2H3,(H,27,28,29)/b16-10-. The Labute approximate surface area is 203 Å². The van der Waals surface area contributed by atoms with Crippen LogP contribution < -0.4 is 19.5 Å². The summed E-state index contributed by atoms with van der Waals surface area (Å²) in [4.78, 5) is 12.4. The van der Waals surface area contributed by atoms with Crippen molar-refractivity contribution in [2.24, 2.45) is 0 Å². The molecule has 0 atom stereocenters. The van der Waals surface area contributed by atoms with Gasteiger partial charge in [0, 0.05) is 6.07 Å². The number of hydrogen-bond donors (Lipinski definition) is 1. The van der Waals surface area contributed by atoms with Crippen LogP contribution in [0.1, 0.15) is 11.3 Å². The molecule has 8 nitrogen and oxygen atoms in total. The first kappa shape index (κ1) is 24.2. The highest BCUT2D eigenvalue weighted by Crippen LogP contribution is 2.37. The molecule has 33 heavy (non-hydrogen) atoms. The second kappa shape index (κ2) is 11.4. The van der Waals surface area contributed by atoms with Crippen LogP contribution in [0.3, 0.4) is 0 Å². The molecule has 170 valence electrons. The predicted molar refractivity (Wildman–Crippen MR) is 127 cm³/mol. The quantitative estimate of drug-likeness (QED) is 0.223. The number of carbonyl (C=O) groups is 1. The molecule has 0 radical (unpaired) electrons. The van der Waals surface area contributed by atoms with Gasteiger partial charge in [-0.1, -0.05) is 28.9 Å². The van der Waals surface area contributed by atoms with Crippen molar-refractivity contribution < 1.29 is 23.5 Å². The average Bonchev–Trinajstić information content (AvgIpc) is 3.21. The molecular formula is C23H19BrClN3O5. The second-order valence-corrected chi connectivity index (χ2v) is 7.87. The molecule has 0 aliphatic heterocycles. The summed E-state index contributed by atoms with van der Waals surface area (Å²) in [5, 5.41) is 16.2. The number of hydrogen-bond acceptors (Lipinski definition) is 7. The summed E-state index contributed by atoms with van der Waals surface area (Å²) in [5.41, 5.74) is 0.438. The molecule has 1 N–H and O–H groups in total. The van der Waals surface area contributed by atoms with Crippen molar-refractivity contribution in [1.82, 2.24) is 5.16 Å². The monoisotopic (exact) mass is 531 g/mol. The number of halogens is 2. The zero-order chi connectivity index (χ0) is 23.8. The molecule has 1 amide bonds. The van der Waals surface area contributed by atoms with Gasteiger partial charge in [-0.05, 0) is 58.8 Å². The fourth-order valence-electron chi connectivity index (χ4n) is 2.74. The minimum atomic E-state index is -0.613. The summed E-state index contributed by atoms with van der Waals surface area (Å²) in [6, 6.07) is 14.0. The van der Waals surface area contributed by atoms with E-state index in [1.54, 1.807) is 37.3 Å². The molecule has 0 saturated heterocycles. The first-order valence-electron chi connectivity index (χ1n) is 9.65. The fourth-order valence-corrected chi connectivity index (χ4v) is 3.51. The van der Waals surface area contributed by atoms with Gasteiger partial charge in [-0.25, -0.2) is 0 Å². The third kappa shape index (κ3) is 6.51. The summed E-state index contributed by atoms with van der Waals surface area (Å²) < 4.78 is 22.3. The van der Waals surface area contributed by atoms with Gasteiger partial charge in [-0.15, -0.1) is 0 Å². The molecule has 0 spiro atoms. The van der Waals surface area contributed by atoms with E-state index in [0.717, 1.165) is 0 Å². The van der Waals surface area contributed by atoms with E-state index in [9.17, 15) is 10.1 Å². The SMILES string of the molecule is COc1cc(/C=C(/C#N)C(=O)Nc2cc(C)on2)cc(Br)c1OCCOc1ccccc1Cl. The lowest BCUT2D eigenvalue weighted by Gasteiger charge is -2.14. The van der Waals surface area contributed by atoms with Gasteiger partial charge in [-0.2, -0.15) is 5.26 Å². The van der Waals surface area contributed by atoms with Crippen LogP contribution in [0.25, 0.3) is 6.08 Å². The molecule has 0 saturated carbocycles. The summed E-state index contributed by atoms with van der Waals surface area (Å²) in [7, 11) is 1.49. The summed E-state index contributed by atoms with van der Waals surface area (Å²) >= 11 is 9.53. The van der Waals surface area contributed by atoms with E-state index in [1.807, 2.05) is 18.2 Å². The van der Waals surface area contributed by atoms with Crippen molar-refractivity contribution in [3.05, 3.63) is 68.9 Å². The predicted octanol–water partition coefficient (Wildman–Crippen LogP) is 5.41. The Hall–Kier alpha value is -3.48. The molecule has 1 heterocycles. The van der Waals surface area contributed by atoms with Crippen LogP contribution in [0.4, 0.5) is 5.82 Å². The van der Waals surface area contributed by atoms with E-state index in [2.05, 4.69) is 26.4 Å². The zero-order valence-electron chi connectivity index (χ0n) is 17.7. The van der Waals surface area contributed by atoms with Gasteiger partial charge in [0.1, 0.15) is 36.4 Å². The van der Waals surface area contributed by atoms with E-state index >= 15 is 0 Å². The first-order valence-corrected chi connectivity index (χ1v) is 10.8. The van der Waals surface area contributed by atoms with Crippen LogP contribution in [0, 0.1) is 18.3 Å². The van der Waals surface area contributed by atoms with Crippen LogP contribution in [0.15, 0.2) is 57.0 Å². The Kier molecular flexibility index (Phi) is 8.35. The number of amides is 1. The van der Waals surface area contributed by atoms with Crippen molar-refractivity contribution in [2.45, 2.75) is 6.92 Å². The lowest BCUT2D eigenvalue weighted by Crippen LogP contribution is -2.13. The Balaban J connectivity index is 1.70. The van der Waals surface area contributed by atoms with E-state index in [4.69, 9.17) is 30.3 Å². The lowest BCUT2D eigenvalue weighted by molar-refractivity contribution is -0.112. The normalized spacial score (nSPS) is 10.9. The van der Waals surface area contributed by atoms with Crippen molar-refractivity contribution >= 4 is 45.3 Å². The van der Waals surface area contributed by atoms with Crippen molar-refractivity contribution in [2.75, 3.05) is 25.6 Å². The van der Waals surface area contributed by atoms with Crippen LogP contribution in [-0.4, -0.2) is 31.4 Å². The van der Waals surface area contributed by atoms with Crippen molar-refractivity contribution in [3.63, 3.8) is 0 Å². The van der Waals surface area contributed by atoms with Crippen LogP contribution in [0.2, 0.25) is 5.02 Å². The Bertz CT molecular complexity index is 1220. The second-order valence-electron chi connectivity index (χ2n) is 6.61. The highest BCUT2D eigenvalue weighted by molar-refractivity contribution is 9.10. The van der Waals surface area contributed by atoms with Crippen LogP contribution in [0.5, 0.6) is 17.2 Å². The maximum atomic E-state index is 12.4. The Morgan fingerprint density at radius 2 is 2.00 bits per heavy atom. The summed E-state index contributed by atoms with van der Waals surface area (Å²) in [6.45, 7) is 2.19. The van der Waals surface area contributed by atoms with Gasteiger partial charge in [0.15, 0.2) is 17.3 Å². The van der Waals surface area contributed by atoms with E-state index in [0.29, 0.717) is 38.1 Å². The summed E-state index contributed by atoms with van der Waals surface area (Å²) in [5.74, 6) is 1.58. The minimum absolute atomic E-state index is 0.119. The minimum Gasteiger partial charge on any atom is -0.493 e. The Morgan fingerprint density at radius 3 is 2.67 bits per heavy atom. The average molecular weight is 533 g/mol. The number of nitrogens with one attached hydrogen (secondary N) is 1. The maximum Gasteiger partial charge on any atom is 0.267 e. The van der Waals surface area contributed by atoms with Gasteiger partial charge in [0.05, 0.1) is 16.6 Å². The number of aryl methyl sites for hydroxylation is 1. The molecule has 3 rings (SSSR count). The number of nitrogens with zero attached hydrogens (tertiary/aromatic N) is 2. The van der Waals surface area contributed by atoms with Gasteiger partial charge in [0.25, 0.3) is 5.91 Å². The number of aromatic nitrogens is 1. The molecule has 0 unspecified atom stereocenters. The van der Waals surface area contributed by atoms with Crippen molar-refractivity contribution in [3.8, 4) is 23.3 Å². The smallest absolute Gasteiger partial charge is 0.267 e. The molecule has 0 fully saturated rings. The zero-order valence-corrected chi connectivity index (χ0v) is 20.1. The first-order chi connectivity index (χ1) is 15.9. The molecule has 3 aromatic rings. The fraction of sp³-hybridized carbons (Fsp3) is 0.174. The van der Waals surface area contributed by atoms with Crippen molar-refractivity contribution in [1.29, 1.82) is 5.26 Å². The third-order valence-corrected chi connectivity index (χ3v) is 5.12. The number of methoxy groups -OCH3 is 1. The van der Waals surface area contributed by atoms with E-state index < -0.39 is 5.91 Å². The number of rotatable bonds is 9. The molecule has 0 aliphatic rings. The van der Waals surface area contributed by atoms with Gasteiger partial charge in [-0.3, -0.25) is 4.79 Å². The number of nitriles is 1. The molecule has 2 aromatic carbocycles. The van der Waals surface area contributed by atoms with Crippen LogP contribution in [-0.2, 0) is 4.79 Å².